The summed E-state index contributed by atoms with van der Waals surface area (Å²) in [7, 11) is 0. The second-order valence-corrected chi connectivity index (χ2v) is 4.59. The number of halogens is 2. The van der Waals surface area contributed by atoms with Gasteiger partial charge < -0.3 is 5.11 Å². The highest BCUT2D eigenvalue weighted by atomic mass is 35.5. The molecule has 0 amide bonds. The van der Waals surface area contributed by atoms with Gasteiger partial charge in [-0.05, 0) is 29.8 Å². The number of carboxylic acids is 1. The Morgan fingerprint density at radius 1 is 1.22 bits per heavy atom. The van der Waals surface area contributed by atoms with E-state index in [0.29, 0.717) is 21.3 Å². The molecule has 92 valence electrons. The number of rotatable bonds is 3. The first-order chi connectivity index (χ1) is 8.56. The number of carbonyl (C=O) groups is 1. The molecule has 0 atom stereocenters. The number of carboxylic acid groups (broad SMARTS) is 1. The van der Waals surface area contributed by atoms with E-state index in [9.17, 15) is 4.79 Å². The topological polar surface area (TPSA) is 50.2 Å². The first-order valence-electron chi connectivity index (χ1n) is 5.18. The van der Waals surface area contributed by atoms with E-state index in [1.807, 2.05) is 0 Å². The van der Waals surface area contributed by atoms with Crippen molar-refractivity contribution in [2.75, 3.05) is 0 Å². The maximum atomic E-state index is 10.6. The van der Waals surface area contributed by atoms with Crippen molar-refractivity contribution in [1.82, 2.24) is 4.98 Å². The van der Waals surface area contributed by atoms with Crippen LogP contribution in [0.15, 0.2) is 36.5 Å². The Morgan fingerprint density at radius 3 is 2.61 bits per heavy atom. The van der Waals surface area contributed by atoms with E-state index < -0.39 is 5.97 Å². The van der Waals surface area contributed by atoms with E-state index in [2.05, 4.69) is 4.98 Å². The third-order valence-corrected chi connectivity index (χ3v) is 2.95. The Bertz CT molecular complexity index is 582. The molecule has 1 aromatic carbocycles. The van der Waals surface area contributed by atoms with Crippen LogP contribution in [-0.2, 0) is 11.2 Å². The van der Waals surface area contributed by atoms with Gasteiger partial charge in [0.15, 0.2) is 0 Å². The number of pyridine rings is 1. The zero-order valence-corrected chi connectivity index (χ0v) is 10.7. The van der Waals surface area contributed by atoms with Gasteiger partial charge in [0.2, 0.25) is 0 Å². The first-order valence-corrected chi connectivity index (χ1v) is 5.94. The number of aliphatic carboxylic acids is 1. The normalized spacial score (nSPS) is 10.3. The second kappa shape index (κ2) is 5.38. The van der Waals surface area contributed by atoms with Gasteiger partial charge in [0.25, 0.3) is 0 Å². The average molecular weight is 282 g/mol. The molecule has 0 fully saturated rings. The summed E-state index contributed by atoms with van der Waals surface area (Å²) in [5.74, 6) is -0.884. The molecule has 18 heavy (non-hydrogen) atoms. The third kappa shape index (κ3) is 3.00. The van der Waals surface area contributed by atoms with Gasteiger partial charge in [-0.3, -0.25) is 9.78 Å². The highest BCUT2D eigenvalue weighted by molar-refractivity contribution is 6.35. The molecule has 1 aromatic heterocycles. The number of hydrogen-bond acceptors (Lipinski definition) is 2. The highest BCUT2D eigenvalue weighted by Gasteiger charge is 2.07. The van der Waals surface area contributed by atoms with E-state index in [0.717, 1.165) is 5.56 Å². The van der Waals surface area contributed by atoms with Crippen molar-refractivity contribution < 1.29 is 9.90 Å². The summed E-state index contributed by atoms with van der Waals surface area (Å²) in [6.45, 7) is 0. The molecule has 0 radical (unpaired) electrons. The van der Waals surface area contributed by atoms with E-state index >= 15 is 0 Å². The predicted molar refractivity (Wildman–Crippen MR) is 71.0 cm³/mol. The lowest BCUT2D eigenvalue weighted by Gasteiger charge is -2.05. The van der Waals surface area contributed by atoms with Crippen LogP contribution in [0, 0.1) is 0 Å². The molecule has 0 unspecified atom stereocenters. The largest absolute Gasteiger partial charge is 0.481 e. The van der Waals surface area contributed by atoms with Crippen LogP contribution in [0.2, 0.25) is 10.0 Å². The van der Waals surface area contributed by atoms with Gasteiger partial charge in [-0.25, -0.2) is 0 Å². The summed E-state index contributed by atoms with van der Waals surface area (Å²) in [4.78, 5) is 14.8. The maximum Gasteiger partial charge on any atom is 0.307 e. The van der Waals surface area contributed by atoms with Gasteiger partial charge in [-0.1, -0.05) is 29.3 Å². The van der Waals surface area contributed by atoms with Crippen LogP contribution >= 0.6 is 23.2 Å². The molecule has 0 bridgehead atoms. The Labute approximate surface area is 114 Å². The monoisotopic (exact) mass is 281 g/mol. The van der Waals surface area contributed by atoms with Crippen molar-refractivity contribution in [2.24, 2.45) is 0 Å². The summed E-state index contributed by atoms with van der Waals surface area (Å²) in [5.41, 5.74) is 2.03. The number of benzene rings is 1. The maximum absolute atomic E-state index is 10.6. The van der Waals surface area contributed by atoms with E-state index in [1.165, 1.54) is 6.20 Å². The lowest BCUT2D eigenvalue weighted by Crippen LogP contribution is -2.00. The Hall–Kier alpha value is -1.58. The van der Waals surface area contributed by atoms with Crippen molar-refractivity contribution in [1.29, 1.82) is 0 Å². The van der Waals surface area contributed by atoms with Gasteiger partial charge in [0.1, 0.15) is 0 Å². The van der Waals surface area contributed by atoms with Crippen LogP contribution in [-0.4, -0.2) is 16.1 Å². The van der Waals surface area contributed by atoms with Gasteiger partial charge in [-0.2, -0.15) is 0 Å². The Balaban J connectivity index is 2.34. The molecule has 2 rings (SSSR count). The molecule has 2 aromatic rings. The number of nitrogens with zero attached hydrogens (tertiary/aromatic N) is 1. The Morgan fingerprint density at radius 2 is 2.00 bits per heavy atom. The number of hydrogen-bond donors (Lipinski definition) is 1. The summed E-state index contributed by atoms with van der Waals surface area (Å²) in [6, 6.07) is 8.57. The van der Waals surface area contributed by atoms with Crippen LogP contribution in [0.3, 0.4) is 0 Å². The molecule has 0 aliphatic heterocycles. The molecule has 0 aliphatic rings. The summed E-state index contributed by atoms with van der Waals surface area (Å²) in [5, 5.41) is 9.80. The second-order valence-electron chi connectivity index (χ2n) is 3.75. The molecular formula is C13H9Cl2NO2. The van der Waals surface area contributed by atoms with E-state index in [4.69, 9.17) is 28.3 Å². The van der Waals surface area contributed by atoms with Crippen molar-refractivity contribution in [3.63, 3.8) is 0 Å². The summed E-state index contributed by atoms with van der Waals surface area (Å²) in [6.07, 6.45) is 1.48. The van der Waals surface area contributed by atoms with Crippen LogP contribution < -0.4 is 0 Å². The molecule has 0 spiro atoms. The molecule has 0 saturated heterocycles. The van der Waals surface area contributed by atoms with E-state index in [-0.39, 0.29) is 6.42 Å². The van der Waals surface area contributed by atoms with Crippen molar-refractivity contribution in [3.8, 4) is 11.3 Å². The minimum atomic E-state index is -0.884. The first kappa shape index (κ1) is 12.9. The lowest BCUT2D eigenvalue weighted by molar-refractivity contribution is -0.136. The Kier molecular flexibility index (Phi) is 3.84. The number of aromatic nitrogens is 1. The van der Waals surface area contributed by atoms with Crippen LogP contribution in [0.1, 0.15) is 5.56 Å². The molecule has 1 heterocycles. The van der Waals surface area contributed by atoms with Crippen LogP contribution in [0.25, 0.3) is 11.3 Å². The summed E-state index contributed by atoms with van der Waals surface area (Å²) >= 11 is 12.0. The molecule has 1 N–H and O–H groups in total. The van der Waals surface area contributed by atoms with Crippen molar-refractivity contribution in [3.05, 3.63) is 52.1 Å². The van der Waals surface area contributed by atoms with Crippen molar-refractivity contribution in [2.45, 2.75) is 6.42 Å². The SMILES string of the molecule is O=C(O)Cc1ccc(-c2cc(Cl)ccc2Cl)nc1. The minimum absolute atomic E-state index is 0.0451. The molecule has 5 heteroatoms. The quantitative estimate of drug-likeness (QED) is 0.934. The van der Waals surface area contributed by atoms with Crippen LogP contribution in [0.4, 0.5) is 0 Å². The fraction of sp³-hybridized carbons (Fsp3) is 0.0769. The minimum Gasteiger partial charge on any atom is -0.481 e. The highest BCUT2D eigenvalue weighted by Crippen LogP contribution is 2.29. The average Bonchev–Trinajstić information content (AvgIpc) is 2.33. The third-order valence-electron chi connectivity index (χ3n) is 2.38. The van der Waals surface area contributed by atoms with Gasteiger partial charge >= 0.3 is 5.97 Å². The van der Waals surface area contributed by atoms with Gasteiger partial charge in [0.05, 0.1) is 17.1 Å². The van der Waals surface area contributed by atoms with Crippen molar-refractivity contribution >= 4 is 29.2 Å². The predicted octanol–water partition coefficient (Wildman–Crippen LogP) is 3.68. The molecule has 0 aliphatic carbocycles. The summed E-state index contributed by atoms with van der Waals surface area (Å²) < 4.78 is 0. The fourth-order valence-corrected chi connectivity index (χ4v) is 1.94. The fourth-order valence-electron chi connectivity index (χ4n) is 1.56. The molecule has 0 saturated carbocycles. The zero-order chi connectivity index (χ0) is 13.1. The van der Waals surface area contributed by atoms with Gasteiger partial charge in [0, 0.05) is 16.8 Å². The van der Waals surface area contributed by atoms with Crippen LogP contribution in [0.5, 0.6) is 0 Å². The van der Waals surface area contributed by atoms with Gasteiger partial charge in [-0.15, -0.1) is 0 Å². The molecular weight excluding hydrogens is 273 g/mol. The zero-order valence-electron chi connectivity index (χ0n) is 9.23. The lowest BCUT2D eigenvalue weighted by atomic mass is 10.1. The smallest absolute Gasteiger partial charge is 0.307 e. The standard InChI is InChI=1S/C13H9Cl2NO2/c14-9-2-3-11(15)10(6-9)12-4-1-8(7-16-12)5-13(17)18/h1-4,6-7H,5H2,(H,17,18). The molecule has 3 nitrogen and oxygen atoms in total. The van der Waals surface area contributed by atoms with E-state index in [1.54, 1.807) is 30.3 Å².